The first-order valence-electron chi connectivity index (χ1n) is 8.19. The van der Waals surface area contributed by atoms with Gasteiger partial charge in [-0.1, -0.05) is 0 Å². The topological polar surface area (TPSA) is 160 Å². The number of nitrogens with zero attached hydrogens (tertiary/aromatic N) is 7. The number of H-pyrrole nitrogens is 2. The van der Waals surface area contributed by atoms with E-state index in [2.05, 4.69) is 45.5 Å². The molecule has 28 heavy (non-hydrogen) atoms. The van der Waals surface area contributed by atoms with Gasteiger partial charge in [0.15, 0.2) is 5.82 Å². The van der Waals surface area contributed by atoms with E-state index in [0.717, 1.165) is 5.56 Å². The molecule has 12 nitrogen and oxygen atoms in total. The lowest BCUT2D eigenvalue weighted by atomic mass is 10.2. The van der Waals surface area contributed by atoms with E-state index in [0.29, 0.717) is 17.5 Å². The number of amides is 1. The zero-order valence-electron chi connectivity index (χ0n) is 14.4. The summed E-state index contributed by atoms with van der Waals surface area (Å²) in [7, 11) is 0. The quantitative estimate of drug-likeness (QED) is 0.405. The summed E-state index contributed by atoms with van der Waals surface area (Å²) in [6, 6.07) is 3.55. The fourth-order valence-electron chi connectivity index (χ4n) is 2.41. The van der Waals surface area contributed by atoms with Crippen molar-refractivity contribution in [2.45, 2.75) is 13.1 Å². The Kier molecular flexibility index (Phi) is 4.65. The maximum atomic E-state index is 12.3. The molecule has 140 valence electrons. The molecule has 0 unspecified atom stereocenters. The first-order valence-corrected chi connectivity index (χ1v) is 8.19. The first kappa shape index (κ1) is 17.2. The van der Waals surface area contributed by atoms with Crippen molar-refractivity contribution >= 4 is 5.91 Å². The number of carbonyl (C=O) groups excluding carboxylic acids is 1. The molecule has 0 bridgehead atoms. The second-order valence-corrected chi connectivity index (χ2v) is 5.69. The Balaban J connectivity index is 1.40. The first-order chi connectivity index (χ1) is 13.7. The van der Waals surface area contributed by atoms with Crippen molar-refractivity contribution in [3.63, 3.8) is 0 Å². The maximum absolute atomic E-state index is 12.3. The van der Waals surface area contributed by atoms with E-state index in [-0.39, 0.29) is 18.7 Å². The smallest absolute Gasteiger partial charge is 0.263 e. The van der Waals surface area contributed by atoms with Crippen LogP contribution in [0.25, 0.3) is 11.4 Å². The normalized spacial score (nSPS) is 10.7. The van der Waals surface area contributed by atoms with Gasteiger partial charge in [-0.15, -0.1) is 0 Å². The van der Waals surface area contributed by atoms with Gasteiger partial charge in [-0.2, -0.15) is 10.2 Å². The molecule has 4 aromatic rings. The van der Waals surface area contributed by atoms with E-state index in [1.54, 1.807) is 24.5 Å². The molecule has 0 atom stereocenters. The van der Waals surface area contributed by atoms with E-state index in [9.17, 15) is 9.59 Å². The number of hydrogen-bond acceptors (Lipinski definition) is 8. The maximum Gasteiger partial charge on any atom is 0.263 e. The monoisotopic (exact) mass is 378 g/mol. The van der Waals surface area contributed by atoms with E-state index in [4.69, 9.17) is 0 Å². The molecule has 0 aliphatic rings. The van der Waals surface area contributed by atoms with Crippen molar-refractivity contribution in [1.29, 1.82) is 0 Å². The second kappa shape index (κ2) is 7.57. The van der Waals surface area contributed by atoms with E-state index < -0.39 is 11.5 Å². The Morgan fingerprint density at radius 3 is 2.79 bits per heavy atom. The van der Waals surface area contributed by atoms with Crippen LogP contribution >= 0.6 is 0 Å². The molecule has 0 saturated carbocycles. The van der Waals surface area contributed by atoms with Crippen LogP contribution in [0.3, 0.4) is 0 Å². The molecule has 0 aliphatic heterocycles. The molecule has 4 heterocycles. The average Bonchev–Trinajstić information content (AvgIpc) is 3.39. The van der Waals surface area contributed by atoms with Crippen LogP contribution in [0.15, 0.2) is 48.2 Å². The molecular weight excluding hydrogens is 364 g/mol. The molecule has 0 radical (unpaired) electrons. The predicted molar refractivity (Wildman–Crippen MR) is 94.8 cm³/mol. The number of carbonyl (C=O) groups is 1. The van der Waals surface area contributed by atoms with E-state index in [1.165, 1.54) is 23.5 Å². The zero-order valence-corrected chi connectivity index (χ0v) is 14.4. The van der Waals surface area contributed by atoms with Gasteiger partial charge in [0.1, 0.15) is 36.4 Å². The molecule has 4 rings (SSSR count). The largest absolute Gasteiger partial charge is 0.345 e. The van der Waals surface area contributed by atoms with Crippen molar-refractivity contribution in [3.05, 3.63) is 70.9 Å². The van der Waals surface area contributed by atoms with Crippen molar-refractivity contribution in [2.24, 2.45) is 0 Å². The SMILES string of the molecule is O=C(NCc1nc(-c2ccncc2)n[nH]1)c1cnc(Cn2cncn2)[nH]c1=O. The standard InChI is InChI=1S/C16H14N10O2/c27-15(11-5-19-13(23-16(11)28)7-26-9-18-8-21-26)20-6-12-22-14(25-24-12)10-1-3-17-4-2-10/h1-5,8-9H,6-7H2,(H,20,27)(H,19,23,28)(H,22,24,25). The number of pyridine rings is 1. The van der Waals surface area contributed by atoms with Crippen molar-refractivity contribution < 1.29 is 4.79 Å². The molecule has 3 N–H and O–H groups in total. The number of hydrogen-bond donors (Lipinski definition) is 3. The lowest BCUT2D eigenvalue weighted by Crippen LogP contribution is -2.30. The van der Waals surface area contributed by atoms with Crippen LogP contribution < -0.4 is 10.9 Å². The Hall–Kier alpha value is -4.22. The predicted octanol–water partition coefficient (Wildman–Crippen LogP) is -0.480. The molecule has 1 amide bonds. The van der Waals surface area contributed by atoms with Gasteiger partial charge in [0.2, 0.25) is 0 Å². The second-order valence-electron chi connectivity index (χ2n) is 5.69. The van der Waals surface area contributed by atoms with Crippen LogP contribution in [0.5, 0.6) is 0 Å². The Bertz CT molecular complexity index is 1130. The number of aromatic amines is 2. The van der Waals surface area contributed by atoms with Crippen LogP contribution in [0.2, 0.25) is 0 Å². The summed E-state index contributed by atoms with van der Waals surface area (Å²) in [5, 5.41) is 13.4. The van der Waals surface area contributed by atoms with Crippen LogP contribution in [0.1, 0.15) is 22.0 Å². The highest BCUT2D eigenvalue weighted by Crippen LogP contribution is 2.12. The summed E-state index contributed by atoms with van der Waals surface area (Å²) < 4.78 is 1.50. The van der Waals surface area contributed by atoms with Gasteiger partial charge in [-0.25, -0.2) is 19.6 Å². The summed E-state index contributed by atoms with van der Waals surface area (Å²) in [6.45, 7) is 0.323. The lowest BCUT2D eigenvalue weighted by Gasteiger charge is -2.04. The van der Waals surface area contributed by atoms with Gasteiger partial charge in [0.05, 0.1) is 6.54 Å². The van der Waals surface area contributed by atoms with Gasteiger partial charge >= 0.3 is 0 Å². The minimum Gasteiger partial charge on any atom is -0.345 e. The Morgan fingerprint density at radius 2 is 2.04 bits per heavy atom. The van der Waals surface area contributed by atoms with Crippen LogP contribution in [0.4, 0.5) is 0 Å². The number of nitrogens with one attached hydrogen (secondary N) is 3. The molecular formula is C16H14N10O2. The fraction of sp³-hybridized carbons (Fsp3) is 0.125. The highest BCUT2D eigenvalue weighted by Gasteiger charge is 2.13. The highest BCUT2D eigenvalue weighted by molar-refractivity contribution is 5.93. The van der Waals surface area contributed by atoms with Crippen LogP contribution in [0, 0.1) is 0 Å². The fourth-order valence-corrected chi connectivity index (χ4v) is 2.41. The summed E-state index contributed by atoms with van der Waals surface area (Å²) in [5.74, 6) is 0.739. The number of aromatic nitrogens is 9. The molecule has 0 spiro atoms. The van der Waals surface area contributed by atoms with E-state index in [1.807, 2.05) is 0 Å². The minimum atomic E-state index is -0.567. The average molecular weight is 378 g/mol. The Labute approximate surface area is 157 Å². The number of rotatable bonds is 6. The molecule has 4 aromatic heterocycles. The van der Waals surface area contributed by atoms with Gasteiger partial charge in [0, 0.05) is 24.2 Å². The third-order valence-electron chi connectivity index (χ3n) is 3.76. The lowest BCUT2D eigenvalue weighted by molar-refractivity contribution is 0.0948. The summed E-state index contributed by atoms with van der Waals surface area (Å²) in [5.41, 5.74) is 0.154. The summed E-state index contributed by atoms with van der Waals surface area (Å²) in [4.78, 5) is 43.1. The zero-order chi connectivity index (χ0) is 19.3. The summed E-state index contributed by atoms with van der Waals surface area (Å²) in [6.07, 6.45) is 7.38. The Morgan fingerprint density at radius 1 is 1.18 bits per heavy atom. The minimum absolute atomic E-state index is 0.0804. The van der Waals surface area contributed by atoms with Gasteiger partial charge < -0.3 is 10.3 Å². The highest BCUT2D eigenvalue weighted by atomic mass is 16.2. The van der Waals surface area contributed by atoms with Crippen LogP contribution in [-0.4, -0.2) is 50.8 Å². The van der Waals surface area contributed by atoms with E-state index >= 15 is 0 Å². The molecule has 0 aliphatic carbocycles. The third kappa shape index (κ3) is 3.80. The third-order valence-corrected chi connectivity index (χ3v) is 3.76. The van der Waals surface area contributed by atoms with Crippen molar-refractivity contribution in [2.75, 3.05) is 0 Å². The van der Waals surface area contributed by atoms with Crippen molar-refractivity contribution in [3.8, 4) is 11.4 Å². The van der Waals surface area contributed by atoms with Gasteiger partial charge in [0.25, 0.3) is 11.5 Å². The molecule has 0 aromatic carbocycles. The molecule has 0 fully saturated rings. The molecule has 12 heteroatoms. The van der Waals surface area contributed by atoms with Crippen LogP contribution in [-0.2, 0) is 13.1 Å². The van der Waals surface area contributed by atoms with Crippen molar-refractivity contribution in [1.82, 2.24) is 50.2 Å². The van der Waals surface area contributed by atoms with Gasteiger partial charge in [-0.3, -0.25) is 19.7 Å². The summed E-state index contributed by atoms with van der Waals surface area (Å²) >= 11 is 0. The molecule has 0 saturated heterocycles. The van der Waals surface area contributed by atoms with Gasteiger partial charge in [-0.05, 0) is 12.1 Å².